The summed E-state index contributed by atoms with van der Waals surface area (Å²) >= 11 is 5.76. The molecule has 0 amide bonds. The molecule has 0 unspecified atom stereocenters. The van der Waals surface area contributed by atoms with Gasteiger partial charge in [-0.05, 0) is 19.0 Å². The summed E-state index contributed by atoms with van der Waals surface area (Å²) in [6, 6.07) is 0.875. The van der Waals surface area contributed by atoms with Crippen molar-refractivity contribution in [3.05, 3.63) is 28.5 Å². The zero-order chi connectivity index (χ0) is 13.2. The monoisotopic (exact) mass is 316 g/mol. The van der Waals surface area contributed by atoms with Crippen LogP contribution in [0, 0.1) is 0 Å². The molecular formula is C11H13Cl2F3N2O. The molecule has 1 aromatic rings. The van der Waals surface area contributed by atoms with Gasteiger partial charge in [0.15, 0.2) is 0 Å². The molecule has 1 atom stereocenters. The zero-order valence-corrected chi connectivity index (χ0v) is 11.4. The Morgan fingerprint density at radius 3 is 2.74 bits per heavy atom. The Hall–Kier alpha value is -0.560. The van der Waals surface area contributed by atoms with E-state index >= 15 is 0 Å². The average Bonchev–Trinajstić information content (AvgIpc) is 2.79. The zero-order valence-electron chi connectivity index (χ0n) is 9.84. The molecule has 3 nitrogen and oxygen atoms in total. The molecule has 0 saturated carbocycles. The van der Waals surface area contributed by atoms with Gasteiger partial charge in [-0.2, -0.15) is 13.2 Å². The predicted octanol–water partition coefficient (Wildman–Crippen LogP) is 3.05. The largest absolute Gasteiger partial charge is 0.417 e. The van der Waals surface area contributed by atoms with E-state index in [1.807, 2.05) is 0 Å². The number of ether oxygens (including phenoxy) is 1. The lowest BCUT2D eigenvalue weighted by Crippen LogP contribution is -2.17. The molecule has 1 aromatic heterocycles. The van der Waals surface area contributed by atoms with Crippen LogP contribution in [-0.2, 0) is 17.5 Å². The Labute approximate surface area is 119 Å². The molecule has 0 radical (unpaired) electrons. The lowest BCUT2D eigenvalue weighted by molar-refractivity contribution is -0.137. The number of hydrogen-bond acceptors (Lipinski definition) is 3. The van der Waals surface area contributed by atoms with Crippen molar-refractivity contribution >= 4 is 24.0 Å². The van der Waals surface area contributed by atoms with Crippen LogP contribution in [0.2, 0.25) is 5.02 Å². The van der Waals surface area contributed by atoms with Gasteiger partial charge in [-0.1, -0.05) is 11.6 Å². The molecule has 8 heteroatoms. The van der Waals surface area contributed by atoms with Crippen molar-refractivity contribution in [1.29, 1.82) is 0 Å². The first-order chi connectivity index (χ1) is 8.47. The molecule has 1 N–H and O–H groups in total. The molecule has 0 spiro atoms. The van der Waals surface area contributed by atoms with Gasteiger partial charge in [0.2, 0.25) is 0 Å². The summed E-state index contributed by atoms with van der Waals surface area (Å²) in [6.45, 7) is 1.76. The van der Waals surface area contributed by atoms with Gasteiger partial charge in [-0.3, -0.25) is 4.98 Å². The van der Waals surface area contributed by atoms with Crippen LogP contribution >= 0.6 is 24.0 Å². The van der Waals surface area contributed by atoms with Gasteiger partial charge in [-0.15, -0.1) is 12.4 Å². The van der Waals surface area contributed by atoms with E-state index < -0.39 is 11.7 Å². The van der Waals surface area contributed by atoms with E-state index in [0.717, 1.165) is 31.8 Å². The Kier molecular flexibility index (Phi) is 5.85. The maximum atomic E-state index is 12.4. The SMILES string of the molecule is Cl.FC(F)(F)c1cnc(CO[C@H]2CCNC2)c(Cl)c1. The molecule has 108 valence electrons. The molecular weight excluding hydrogens is 304 g/mol. The van der Waals surface area contributed by atoms with Gasteiger partial charge >= 0.3 is 6.18 Å². The first-order valence-corrected chi connectivity index (χ1v) is 5.88. The fraction of sp³-hybridized carbons (Fsp3) is 0.545. The minimum absolute atomic E-state index is 0. The lowest BCUT2D eigenvalue weighted by Gasteiger charge is -2.12. The van der Waals surface area contributed by atoms with Crippen LogP contribution < -0.4 is 5.32 Å². The third kappa shape index (κ3) is 4.49. The Morgan fingerprint density at radius 1 is 1.47 bits per heavy atom. The molecule has 1 aliphatic rings. The molecule has 0 bridgehead atoms. The quantitative estimate of drug-likeness (QED) is 0.930. The van der Waals surface area contributed by atoms with E-state index in [2.05, 4.69) is 10.3 Å². The highest BCUT2D eigenvalue weighted by Crippen LogP contribution is 2.31. The van der Waals surface area contributed by atoms with Crippen molar-refractivity contribution in [2.75, 3.05) is 13.1 Å². The van der Waals surface area contributed by atoms with Crippen molar-refractivity contribution in [1.82, 2.24) is 10.3 Å². The van der Waals surface area contributed by atoms with Gasteiger partial charge in [0.25, 0.3) is 0 Å². The highest BCUT2D eigenvalue weighted by molar-refractivity contribution is 6.31. The first-order valence-electron chi connectivity index (χ1n) is 5.51. The Balaban J connectivity index is 0.00000180. The van der Waals surface area contributed by atoms with Crippen molar-refractivity contribution in [3.63, 3.8) is 0 Å². The van der Waals surface area contributed by atoms with Crippen LogP contribution in [0.1, 0.15) is 17.7 Å². The molecule has 2 rings (SSSR count). The number of hydrogen-bond donors (Lipinski definition) is 1. The highest BCUT2D eigenvalue weighted by atomic mass is 35.5. The molecule has 1 aliphatic heterocycles. The maximum Gasteiger partial charge on any atom is 0.417 e. The van der Waals surface area contributed by atoms with E-state index in [9.17, 15) is 13.2 Å². The maximum absolute atomic E-state index is 12.4. The number of nitrogens with zero attached hydrogens (tertiary/aromatic N) is 1. The van der Waals surface area contributed by atoms with E-state index in [1.54, 1.807) is 0 Å². The van der Waals surface area contributed by atoms with E-state index in [0.29, 0.717) is 5.69 Å². The smallest absolute Gasteiger partial charge is 0.370 e. The summed E-state index contributed by atoms with van der Waals surface area (Å²) in [7, 11) is 0. The van der Waals surface area contributed by atoms with E-state index in [1.165, 1.54) is 0 Å². The summed E-state index contributed by atoms with van der Waals surface area (Å²) in [6.07, 6.45) is -2.69. The summed E-state index contributed by atoms with van der Waals surface area (Å²) in [5.41, 5.74) is -0.518. The normalized spacial score (nSPS) is 19.3. The van der Waals surface area contributed by atoms with Crippen molar-refractivity contribution in [2.45, 2.75) is 25.3 Å². The van der Waals surface area contributed by atoms with E-state index in [4.69, 9.17) is 16.3 Å². The second kappa shape index (κ2) is 6.74. The van der Waals surface area contributed by atoms with E-state index in [-0.39, 0.29) is 30.1 Å². The minimum Gasteiger partial charge on any atom is -0.370 e. The minimum atomic E-state index is -4.43. The molecule has 1 fully saturated rings. The van der Waals surface area contributed by atoms with Crippen LogP contribution in [0.25, 0.3) is 0 Å². The summed E-state index contributed by atoms with van der Waals surface area (Å²) in [5, 5.41) is 3.11. The fourth-order valence-corrected chi connectivity index (χ4v) is 1.92. The summed E-state index contributed by atoms with van der Waals surface area (Å²) < 4.78 is 42.7. The third-order valence-corrected chi connectivity index (χ3v) is 3.04. The van der Waals surface area contributed by atoms with Crippen LogP contribution in [0.4, 0.5) is 13.2 Å². The van der Waals surface area contributed by atoms with Crippen LogP contribution in [0.15, 0.2) is 12.3 Å². The molecule has 0 aromatic carbocycles. The second-order valence-electron chi connectivity index (χ2n) is 4.08. The number of alkyl halides is 3. The number of aromatic nitrogens is 1. The Bertz CT molecular complexity index is 423. The molecule has 2 heterocycles. The predicted molar refractivity (Wildman–Crippen MR) is 67.6 cm³/mol. The number of halogens is 5. The first kappa shape index (κ1) is 16.5. The topological polar surface area (TPSA) is 34.1 Å². The van der Waals surface area contributed by atoms with Gasteiger partial charge in [0.05, 0.1) is 29.0 Å². The van der Waals surface area contributed by atoms with Crippen molar-refractivity contribution in [2.24, 2.45) is 0 Å². The molecule has 19 heavy (non-hydrogen) atoms. The van der Waals surface area contributed by atoms with Crippen molar-refractivity contribution in [3.8, 4) is 0 Å². The van der Waals surface area contributed by atoms with Gasteiger partial charge in [0.1, 0.15) is 0 Å². The average molecular weight is 317 g/mol. The number of rotatable bonds is 3. The molecule has 0 aliphatic carbocycles. The molecule has 1 saturated heterocycles. The number of pyridine rings is 1. The highest BCUT2D eigenvalue weighted by Gasteiger charge is 2.31. The van der Waals surface area contributed by atoms with Gasteiger partial charge < -0.3 is 10.1 Å². The van der Waals surface area contributed by atoms with Crippen LogP contribution in [-0.4, -0.2) is 24.2 Å². The van der Waals surface area contributed by atoms with Gasteiger partial charge in [0, 0.05) is 12.7 Å². The summed E-state index contributed by atoms with van der Waals surface area (Å²) in [4.78, 5) is 3.71. The van der Waals surface area contributed by atoms with Crippen LogP contribution in [0.3, 0.4) is 0 Å². The standard InChI is InChI=1S/C11H12ClF3N2O.ClH/c12-9-3-7(11(13,14)15)4-17-10(9)6-18-8-1-2-16-5-8;/h3-4,8,16H,1-2,5-6H2;1H/t8-;/m0./s1. The second-order valence-corrected chi connectivity index (χ2v) is 4.48. The number of nitrogens with one attached hydrogen (secondary N) is 1. The van der Waals surface area contributed by atoms with Crippen molar-refractivity contribution < 1.29 is 17.9 Å². The van der Waals surface area contributed by atoms with Gasteiger partial charge in [-0.25, -0.2) is 0 Å². The van der Waals surface area contributed by atoms with Crippen LogP contribution in [0.5, 0.6) is 0 Å². The third-order valence-electron chi connectivity index (χ3n) is 2.72. The lowest BCUT2D eigenvalue weighted by atomic mass is 10.2. The fourth-order valence-electron chi connectivity index (χ4n) is 1.69. The Morgan fingerprint density at radius 2 is 2.21 bits per heavy atom. The summed E-state index contributed by atoms with van der Waals surface area (Å²) in [5.74, 6) is 0.